The summed E-state index contributed by atoms with van der Waals surface area (Å²) in [7, 11) is 1.75. The molecule has 28 heavy (non-hydrogen) atoms. The second-order valence-corrected chi connectivity index (χ2v) is 6.99. The van der Waals surface area contributed by atoms with Crippen LogP contribution in [-0.2, 0) is 11.2 Å². The number of aromatic amines is 1. The molecule has 1 amide bonds. The van der Waals surface area contributed by atoms with Gasteiger partial charge in [0.1, 0.15) is 11.6 Å². The Hall–Kier alpha value is -3.03. The molecule has 1 aromatic carbocycles. The van der Waals surface area contributed by atoms with Gasteiger partial charge in [-0.3, -0.25) is 4.79 Å². The number of carbonyl (C=O) groups excluding carboxylic acids is 1. The highest BCUT2D eigenvalue weighted by atomic mass is 19.3. The molecule has 0 bridgehead atoms. The Morgan fingerprint density at radius 2 is 2.07 bits per heavy atom. The van der Waals surface area contributed by atoms with Gasteiger partial charge in [-0.15, -0.1) is 0 Å². The van der Waals surface area contributed by atoms with Crippen LogP contribution >= 0.6 is 0 Å². The molecule has 2 aromatic heterocycles. The Morgan fingerprint density at radius 1 is 1.29 bits per heavy atom. The zero-order valence-corrected chi connectivity index (χ0v) is 15.4. The number of nitrogens with zero attached hydrogens (tertiary/aromatic N) is 2. The van der Waals surface area contributed by atoms with Gasteiger partial charge in [0.25, 0.3) is 5.91 Å². The zero-order chi connectivity index (χ0) is 19.7. The summed E-state index contributed by atoms with van der Waals surface area (Å²) in [4.78, 5) is 24.0. The van der Waals surface area contributed by atoms with E-state index in [2.05, 4.69) is 25.6 Å². The molecular weight excluding hydrogens is 364 g/mol. The summed E-state index contributed by atoms with van der Waals surface area (Å²) in [5.74, 6) is 0.299. The van der Waals surface area contributed by atoms with Gasteiger partial charge in [-0.05, 0) is 24.5 Å². The predicted octanol–water partition coefficient (Wildman–Crippen LogP) is 3.54. The third-order valence-electron chi connectivity index (χ3n) is 4.93. The lowest BCUT2D eigenvalue weighted by Crippen LogP contribution is -2.35. The monoisotopic (exact) mass is 385 g/mol. The second-order valence-electron chi connectivity index (χ2n) is 6.99. The number of rotatable bonds is 7. The van der Waals surface area contributed by atoms with Crippen molar-refractivity contribution in [1.29, 1.82) is 0 Å². The lowest BCUT2D eigenvalue weighted by molar-refractivity contribution is -0.132. The SMILES string of the molecule is CNc1cc([C@@H](Cc2c[nH]c3ccccc23)NC(=O)C(F)F)nc(C2CC2)n1. The fourth-order valence-corrected chi connectivity index (χ4v) is 3.30. The van der Waals surface area contributed by atoms with Gasteiger partial charge in [0.05, 0.1) is 11.7 Å². The van der Waals surface area contributed by atoms with E-state index in [1.807, 2.05) is 30.5 Å². The van der Waals surface area contributed by atoms with Crippen LogP contribution in [0, 0.1) is 0 Å². The molecule has 8 heteroatoms. The average molecular weight is 385 g/mol. The van der Waals surface area contributed by atoms with Crippen molar-refractivity contribution >= 4 is 22.6 Å². The largest absolute Gasteiger partial charge is 0.373 e. The van der Waals surface area contributed by atoms with Crippen LogP contribution in [0.15, 0.2) is 36.5 Å². The highest BCUT2D eigenvalue weighted by Gasteiger charge is 2.29. The first kappa shape index (κ1) is 18.3. The molecule has 1 saturated carbocycles. The Kier molecular flexibility index (Phi) is 4.93. The number of hydrogen-bond donors (Lipinski definition) is 3. The van der Waals surface area contributed by atoms with Gasteiger partial charge in [0.15, 0.2) is 0 Å². The van der Waals surface area contributed by atoms with Crippen molar-refractivity contribution in [3.63, 3.8) is 0 Å². The molecule has 0 saturated heterocycles. The number of nitrogens with one attached hydrogen (secondary N) is 3. The van der Waals surface area contributed by atoms with Crippen molar-refractivity contribution in [2.75, 3.05) is 12.4 Å². The molecular formula is C20H21F2N5O. The maximum atomic E-state index is 12.9. The van der Waals surface area contributed by atoms with E-state index >= 15 is 0 Å². The molecule has 1 aliphatic rings. The van der Waals surface area contributed by atoms with Crippen molar-refractivity contribution in [2.45, 2.75) is 37.6 Å². The molecule has 2 heterocycles. The van der Waals surface area contributed by atoms with Gasteiger partial charge in [-0.25, -0.2) is 9.97 Å². The summed E-state index contributed by atoms with van der Waals surface area (Å²) < 4.78 is 25.9. The molecule has 4 rings (SSSR count). The number of anilines is 1. The van der Waals surface area contributed by atoms with Crippen LogP contribution in [0.2, 0.25) is 0 Å². The summed E-state index contributed by atoms with van der Waals surface area (Å²) in [5, 5.41) is 6.43. The summed E-state index contributed by atoms with van der Waals surface area (Å²) in [6.45, 7) is 0. The number of fused-ring (bicyclic) bond motifs is 1. The number of halogens is 2. The van der Waals surface area contributed by atoms with Crippen molar-refractivity contribution in [2.24, 2.45) is 0 Å². The maximum Gasteiger partial charge on any atom is 0.315 e. The first-order valence-electron chi connectivity index (χ1n) is 9.25. The van der Waals surface area contributed by atoms with Crippen LogP contribution in [0.4, 0.5) is 14.6 Å². The van der Waals surface area contributed by atoms with Crippen LogP contribution < -0.4 is 10.6 Å². The molecule has 146 valence electrons. The molecule has 0 unspecified atom stereocenters. The first-order valence-corrected chi connectivity index (χ1v) is 9.25. The minimum Gasteiger partial charge on any atom is -0.373 e. The number of para-hydroxylation sites is 1. The molecule has 1 fully saturated rings. The third-order valence-corrected chi connectivity index (χ3v) is 4.93. The number of amides is 1. The topological polar surface area (TPSA) is 82.7 Å². The van der Waals surface area contributed by atoms with E-state index in [-0.39, 0.29) is 0 Å². The van der Waals surface area contributed by atoms with E-state index in [4.69, 9.17) is 0 Å². The lowest BCUT2D eigenvalue weighted by Gasteiger charge is -2.19. The standard InChI is InChI=1S/C20H21F2N5O/c1-23-17-9-16(25-19(27-17)11-6-7-11)15(26-20(28)18(21)22)8-12-10-24-14-5-3-2-4-13(12)14/h2-5,9-11,15,18,24H,6-8H2,1H3,(H,26,28)(H,23,25,27)/t15-/m1/s1. The average Bonchev–Trinajstić information content (AvgIpc) is 3.48. The number of carbonyl (C=O) groups is 1. The normalized spacial score (nSPS) is 15.0. The van der Waals surface area contributed by atoms with Gasteiger partial charge in [0.2, 0.25) is 0 Å². The quantitative estimate of drug-likeness (QED) is 0.581. The van der Waals surface area contributed by atoms with E-state index < -0.39 is 18.4 Å². The smallest absolute Gasteiger partial charge is 0.315 e. The molecule has 1 atom stereocenters. The van der Waals surface area contributed by atoms with Crippen molar-refractivity contribution in [3.05, 3.63) is 53.6 Å². The Morgan fingerprint density at radius 3 is 2.79 bits per heavy atom. The molecule has 3 N–H and O–H groups in total. The molecule has 0 spiro atoms. The number of alkyl halides is 2. The van der Waals surface area contributed by atoms with Crippen LogP contribution in [0.25, 0.3) is 10.9 Å². The van der Waals surface area contributed by atoms with Crippen LogP contribution in [0.1, 0.15) is 41.9 Å². The Bertz CT molecular complexity index is 999. The summed E-state index contributed by atoms with van der Waals surface area (Å²) >= 11 is 0. The van der Waals surface area contributed by atoms with E-state index in [1.165, 1.54) is 0 Å². The van der Waals surface area contributed by atoms with Crippen molar-refractivity contribution in [1.82, 2.24) is 20.3 Å². The number of benzene rings is 1. The number of hydrogen-bond acceptors (Lipinski definition) is 4. The van der Waals surface area contributed by atoms with Crippen LogP contribution in [0.3, 0.4) is 0 Å². The van der Waals surface area contributed by atoms with Gasteiger partial charge in [-0.1, -0.05) is 18.2 Å². The molecule has 3 aromatic rings. The minimum absolute atomic E-state index is 0.298. The van der Waals surface area contributed by atoms with Gasteiger partial charge >= 0.3 is 6.43 Å². The lowest BCUT2D eigenvalue weighted by atomic mass is 10.0. The number of H-pyrrole nitrogens is 1. The van der Waals surface area contributed by atoms with Crippen LogP contribution in [0.5, 0.6) is 0 Å². The Balaban J connectivity index is 1.71. The second kappa shape index (κ2) is 7.53. The molecule has 1 aliphatic carbocycles. The fraction of sp³-hybridized carbons (Fsp3) is 0.350. The van der Waals surface area contributed by atoms with E-state index in [1.54, 1.807) is 13.1 Å². The van der Waals surface area contributed by atoms with Gasteiger partial charge < -0.3 is 15.6 Å². The summed E-state index contributed by atoms with van der Waals surface area (Å²) in [5.41, 5.74) is 2.40. The fourth-order valence-electron chi connectivity index (χ4n) is 3.30. The summed E-state index contributed by atoms with van der Waals surface area (Å²) in [6, 6.07) is 8.76. The van der Waals surface area contributed by atoms with E-state index in [0.29, 0.717) is 29.7 Å². The predicted molar refractivity (Wildman–Crippen MR) is 102 cm³/mol. The number of aromatic nitrogens is 3. The van der Waals surface area contributed by atoms with Gasteiger partial charge in [-0.2, -0.15) is 8.78 Å². The first-order chi connectivity index (χ1) is 13.5. The minimum atomic E-state index is -3.08. The highest BCUT2D eigenvalue weighted by molar-refractivity contribution is 5.83. The van der Waals surface area contributed by atoms with Gasteiger partial charge in [0, 0.05) is 42.6 Å². The summed E-state index contributed by atoms with van der Waals surface area (Å²) in [6.07, 6.45) is 1.13. The highest BCUT2D eigenvalue weighted by Crippen LogP contribution is 2.39. The third kappa shape index (κ3) is 3.81. The zero-order valence-electron chi connectivity index (χ0n) is 15.4. The maximum absolute atomic E-state index is 12.9. The molecule has 6 nitrogen and oxygen atoms in total. The van der Waals surface area contributed by atoms with E-state index in [0.717, 1.165) is 29.3 Å². The van der Waals surface area contributed by atoms with Crippen molar-refractivity contribution in [3.8, 4) is 0 Å². The van der Waals surface area contributed by atoms with Crippen LogP contribution in [-0.4, -0.2) is 34.3 Å². The molecule has 0 radical (unpaired) electrons. The Labute approximate surface area is 160 Å². The van der Waals surface area contributed by atoms with E-state index in [9.17, 15) is 13.6 Å². The van der Waals surface area contributed by atoms with Crippen molar-refractivity contribution < 1.29 is 13.6 Å². The molecule has 0 aliphatic heterocycles.